The molecule has 0 radical (unpaired) electrons. The highest BCUT2D eigenvalue weighted by atomic mass is 16.3. The van der Waals surface area contributed by atoms with Crippen LogP contribution >= 0.6 is 0 Å². The molecule has 1 heterocycles. The number of benzene rings is 8. The van der Waals surface area contributed by atoms with Crippen molar-refractivity contribution in [2.45, 2.75) is 32.6 Å². The summed E-state index contributed by atoms with van der Waals surface area (Å²) in [4.78, 5) is 2.50. The number of hydrogen-bond acceptors (Lipinski definition) is 2. The second-order valence-corrected chi connectivity index (χ2v) is 17.0. The molecule has 1 aromatic heterocycles. The van der Waals surface area contributed by atoms with E-state index in [0.717, 1.165) is 39.7 Å². The Morgan fingerprint density at radius 2 is 1.07 bits per heavy atom. The minimum atomic E-state index is -0.0754. The molecular formula is C58H45NO. The summed E-state index contributed by atoms with van der Waals surface area (Å²) in [6.45, 7) is 7.04. The van der Waals surface area contributed by atoms with Gasteiger partial charge < -0.3 is 9.32 Å². The molecule has 1 unspecified atom stereocenters. The van der Waals surface area contributed by atoms with E-state index < -0.39 is 0 Å². The van der Waals surface area contributed by atoms with E-state index in [9.17, 15) is 0 Å². The molecule has 0 saturated carbocycles. The zero-order chi connectivity index (χ0) is 40.4. The number of rotatable bonds is 7. The highest BCUT2D eigenvalue weighted by Crippen LogP contribution is 2.51. The zero-order valence-electron chi connectivity index (χ0n) is 34.2. The summed E-state index contributed by atoms with van der Waals surface area (Å²) in [6.07, 6.45) is 5.68. The number of allylic oxidation sites excluding steroid dienone is 3. The maximum atomic E-state index is 6.18. The van der Waals surface area contributed by atoms with Crippen LogP contribution in [0.25, 0.3) is 72.0 Å². The van der Waals surface area contributed by atoms with Crippen molar-refractivity contribution < 1.29 is 4.42 Å². The maximum absolute atomic E-state index is 6.18. The van der Waals surface area contributed by atoms with Gasteiger partial charge in [0.15, 0.2) is 0 Å². The third kappa shape index (κ3) is 5.94. The molecule has 0 amide bonds. The molecular weight excluding hydrogens is 727 g/mol. The van der Waals surface area contributed by atoms with Gasteiger partial charge in [0.1, 0.15) is 11.2 Å². The number of furan rings is 1. The van der Waals surface area contributed by atoms with Crippen LogP contribution in [0.5, 0.6) is 0 Å². The van der Waals surface area contributed by atoms with E-state index in [2.05, 4.69) is 214 Å². The van der Waals surface area contributed by atoms with Gasteiger partial charge in [0, 0.05) is 33.3 Å². The highest BCUT2D eigenvalue weighted by molar-refractivity contribution is 6.06. The molecule has 0 spiro atoms. The second-order valence-electron chi connectivity index (χ2n) is 17.0. The Balaban J connectivity index is 1.10. The molecule has 0 aliphatic heterocycles. The van der Waals surface area contributed by atoms with Gasteiger partial charge in [-0.15, -0.1) is 0 Å². The molecule has 60 heavy (non-hydrogen) atoms. The lowest BCUT2D eigenvalue weighted by molar-refractivity contribution is 0.660. The van der Waals surface area contributed by atoms with E-state index in [4.69, 9.17) is 4.42 Å². The van der Waals surface area contributed by atoms with Gasteiger partial charge in [-0.05, 0) is 128 Å². The molecule has 1 atom stereocenters. The Morgan fingerprint density at radius 1 is 0.467 bits per heavy atom. The van der Waals surface area contributed by atoms with Crippen molar-refractivity contribution in [3.63, 3.8) is 0 Å². The van der Waals surface area contributed by atoms with Gasteiger partial charge in [-0.3, -0.25) is 0 Å². The first kappa shape index (κ1) is 36.0. The van der Waals surface area contributed by atoms with Gasteiger partial charge in [-0.1, -0.05) is 172 Å². The van der Waals surface area contributed by atoms with Crippen molar-refractivity contribution in [3.05, 3.63) is 223 Å². The molecule has 0 fully saturated rings. The van der Waals surface area contributed by atoms with E-state index in [0.29, 0.717) is 5.92 Å². The number of nitrogens with zero attached hydrogens (tertiary/aromatic N) is 1. The summed E-state index contributed by atoms with van der Waals surface area (Å²) in [7, 11) is 0. The Hall–Kier alpha value is -7.16. The Morgan fingerprint density at radius 3 is 1.87 bits per heavy atom. The van der Waals surface area contributed by atoms with E-state index in [1.807, 2.05) is 12.1 Å². The monoisotopic (exact) mass is 771 g/mol. The summed E-state index contributed by atoms with van der Waals surface area (Å²) in [5.41, 5.74) is 20.5. The molecule has 9 aromatic rings. The molecule has 0 bridgehead atoms. The molecule has 0 N–H and O–H groups in total. The summed E-state index contributed by atoms with van der Waals surface area (Å²) < 4.78 is 6.18. The molecule has 0 saturated heterocycles. The van der Waals surface area contributed by atoms with Crippen LogP contribution in [-0.2, 0) is 5.41 Å². The predicted octanol–water partition coefficient (Wildman–Crippen LogP) is 16.0. The molecule has 11 rings (SSSR count). The third-order valence-electron chi connectivity index (χ3n) is 12.9. The van der Waals surface area contributed by atoms with Crippen LogP contribution in [0.3, 0.4) is 0 Å². The number of fused-ring (bicyclic) bond motifs is 6. The largest absolute Gasteiger partial charge is 0.456 e. The predicted molar refractivity (Wildman–Crippen MR) is 252 cm³/mol. The average Bonchev–Trinajstić information content (AvgIpc) is 3.78. The van der Waals surface area contributed by atoms with Gasteiger partial charge in [0.2, 0.25) is 0 Å². The third-order valence-corrected chi connectivity index (χ3v) is 12.9. The SMILES string of the molecule is CC1C=CC(N(c2ccc(-c3ccc4oc5ccccc5c4c3)cc2)c2ccc3c(c2)-c2ccccc2C3(C)C)=C(c2ccccc2-c2ccccc2-c2ccccc2)C1. The van der Waals surface area contributed by atoms with Crippen LogP contribution in [0.2, 0.25) is 0 Å². The Bertz CT molecular complexity index is 3160. The maximum Gasteiger partial charge on any atom is 0.135 e. The summed E-state index contributed by atoms with van der Waals surface area (Å²) in [5, 5.41) is 2.28. The second kappa shape index (κ2) is 14.3. The molecule has 2 nitrogen and oxygen atoms in total. The minimum Gasteiger partial charge on any atom is -0.456 e. The van der Waals surface area contributed by atoms with Crippen molar-refractivity contribution in [3.8, 4) is 44.5 Å². The van der Waals surface area contributed by atoms with Crippen LogP contribution in [0, 0.1) is 5.92 Å². The zero-order valence-corrected chi connectivity index (χ0v) is 34.2. The first-order valence-electron chi connectivity index (χ1n) is 21.1. The first-order valence-corrected chi connectivity index (χ1v) is 21.1. The lowest BCUT2D eigenvalue weighted by atomic mass is 9.82. The summed E-state index contributed by atoms with van der Waals surface area (Å²) in [6, 6.07) is 68.7. The minimum absolute atomic E-state index is 0.0754. The number of hydrogen-bond donors (Lipinski definition) is 0. The van der Waals surface area contributed by atoms with Gasteiger partial charge in [0.05, 0.1) is 0 Å². The lowest BCUT2D eigenvalue weighted by Gasteiger charge is -2.33. The highest BCUT2D eigenvalue weighted by Gasteiger charge is 2.36. The van der Waals surface area contributed by atoms with E-state index >= 15 is 0 Å². The lowest BCUT2D eigenvalue weighted by Crippen LogP contribution is -2.20. The van der Waals surface area contributed by atoms with Crippen molar-refractivity contribution in [2.24, 2.45) is 5.92 Å². The van der Waals surface area contributed by atoms with Gasteiger partial charge in [-0.25, -0.2) is 0 Å². The smallest absolute Gasteiger partial charge is 0.135 e. The van der Waals surface area contributed by atoms with Crippen molar-refractivity contribution in [1.82, 2.24) is 0 Å². The van der Waals surface area contributed by atoms with Gasteiger partial charge in [0.25, 0.3) is 0 Å². The molecule has 2 aliphatic rings. The fraction of sp³-hybridized carbons (Fsp3) is 0.103. The van der Waals surface area contributed by atoms with Crippen LogP contribution in [0.4, 0.5) is 11.4 Å². The van der Waals surface area contributed by atoms with Crippen LogP contribution in [0.1, 0.15) is 43.9 Å². The number of anilines is 2. The molecule has 288 valence electrons. The van der Waals surface area contributed by atoms with E-state index in [-0.39, 0.29) is 5.41 Å². The van der Waals surface area contributed by atoms with Crippen molar-refractivity contribution in [2.75, 3.05) is 4.90 Å². The van der Waals surface area contributed by atoms with Crippen molar-refractivity contribution >= 4 is 38.9 Å². The molecule has 8 aromatic carbocycles. The quantitative estimate of drug-likeness (QED) is 0.160. The fourth-order valence-corrected chi connectivity index (χ4v) is 9.86. The average molecular weight is 772 g/mol. The topological polar surface area (TPSA) is 16.4 Å². The standard InChI is InChI=1S/C58H45NO/c1-38-25-33-55(51(35-38)47-20-10-9-19-46(47)45-18-8-7-17-44(45)40-15-5-4-6-16-40)59(43-31-32-54-50(37-43)48-21-11-13-23-53(48)58(54,2)3)42-29-26-39(27-30-42)41-28-34-57-52(36-41)49-22-12-14-24-56(49)60-57/h4-34,36-38H,35H2,1-3H3. The summed E-state index contributed by atoms with van der Waals surface area (Å²) in [5.74, 6) is 0.381. The molecule has 2 heteroatoms. The van der Waals surface area contributed by atoms with Crippen LogP contribution < -0.4 is 4.90 Å². The normalized spacial score (nSPS) is 15.3. The van der Waals surface area contributed by atoms with Crippen LogP contribution in [0.15, 0.2) is 210 Å². The van der Waals surface area contributed by atoms with Crippen LogP contribution in [-0.4, -0.2) is 0 Å². The Kier molecular flexibility index (Phi) is 8.56. The first-order chi connectivity index (χ1) is 29.4. The van der Waals surface area contributed by atoms with E-state index in [1.165, 1.54) is 72.5 Å². The molecule has 2 aliphatic carbocycles. The number of para-hydroxylation sites is 1. The Labute approximate surface area is 352 Å². The van der Waals surface area contributed by atoms with Gasteiger partial charge >= 0.3 is 0 Å². The van der Waals surface area contributed by atoms with E-state index in [1.54, 1.807) is 0 Å². The summed E-state index contributed by atoms with van der Waals surface area (Å²) >= 11 is 0. The van der Waals surface area contributed by atoms with Gasteiger partial charge in [-0.2, -0.15) is 0 Å². The fourth-order valence-electron chi connectivity index (χ4n) is 9.86. The van der Waals surface area contributed by atoms with Crippen molar-refractivity contribution in [1.29, 1.82) is 0 Å².